The van der Waals surface area contributed by atoms with Crippen LogP contribution in [-0.2, 0) is 14.9 Å². The molecule has 1 saturated carbocycles. The van der Waals surface area contributed by atoms with Gasteiger partial charge in [0.1, 0.15) is 0 Å². The van der Waals surface area contributed by atoms with Gasteiger partial charge >= 0.3 is 5.97 Å². The summed E-state index contributed by atoms with van der Waals surface area (Å²) in [6.07, 6.45) is 3.42. The van der Waals surface area contributed by atoms with E-state index < -0.39 is 17.5 Å². The van der Waals surface area contributed by atoms with E-state index in [1.807, 2.05) is 0 Å². The molecule has 0 amide bonds. The molecule has 1 aliphatic rings. The average molecular weight is 242 g/mol. The molecule has 0 aromatic carbocycles. The molecule has 5 heteroatoms. The Morgan fingerprint density at radius 3 is 2.88 bits per heavy atom. The van der Waals surface area contributed by atoms with E-state index in [1.54, 1.807) is 12.3 Å². The molecule has 1 atom stereocenters. The van der Waals surface area contributed by atoms with Crippen LogP contribution in [0, 0.1) is 0 Å². The molecule has 1 aromatic heterocycles. The van der Waals surface area contributed by atoms with Crippen molar-refractivity contribution in [3.8, 4) is 0 Å². The summed E-state index contributed by atoms with van der Waals surface area (Å²) in [5, 5.41) is 10.4. The highest BCUT2D eigenvalue weighted by atomic mass is 35.5. The van der Waals surface area contributed by atoms with E-state index in [2.05, 4.69) is 9.72 Å². The van der Waals surface area contributed by atoms with Gasteiger partial charge in [-0.3, -0.25) is 4.98 Å². The number of aliphatic hydroxyl groups excluding tert-OH is 1. The van der Waals surface area contributed by atoms with E-state index in [9.17, 15) is 9.90 Å². The van der Waals surface area contributed by atoms with Crippen molar-refractivity contribution in [2.24, 2.45) is 0 Å². The Labute approximate surface area is 98.2 Å². The number of pyridine rings is 1. The SMILES string of the molecule is COC(=O)C(O)C1(c2ccncc2Cl)CC1. The molecule has 1 heterocycles. The second kappa shape index (κ2) is 4.03. The smallest absolute Gasteiger partial charge is 0.335 e. The Bertz CT molecular complexity index is 417. The van der Waals surface area contributed by atoms with Crippen molar-refractivity contribution >= 4 is 17.6 Å². The number of carbonyl (C=O) groups is 1. The lowest BCUT2D eigenvalue weighted by molar-refractivity contribution is -0.152. The average Bonchev–Trinajstić information content (AvgIpc) is 3.09. The highest BCUT2D eigenvalue weighted by Crippen LogP contribution is 2.53. The van der Waals surface area contributed by atoms with Crippen LogP contribution in [0.3, 0.4) is 0 Å². The number of halogens is 1. The zero-order chi connectivity index (χ0) is 11.8. The fourth-order valence-electron chi connectivity index (χ4n) is 1.94. The van der Waals surface area contributed by atoms with E-state index in [0.717, 1.165) is 18.4 Å². The molecule has 1 aliphatic carbocycles. The summed E-state index contributed by atoms with van der Waals surface area (Å²) in [6, 6.07) is 1.74. The molecule has 0 aliphatic heterocycles. The van der Waals surface area contributed by atoms with Crippen LogP contribution in [0.4, 0.5) is 0 Å². The monoisotopic (exact) mass is 241 g/mol. The number of ether oxygens (including phenoxy) is 1. The van der Waals surface area contributed by atoms with E-state index in [1.165, 1.54) is 13.3 Å². The Morgan fingerprint density at radius 2 is 2.38 bits per heavy atom. The summed E-state index contributed by atoms with van der Waals surface area (Å²) in [4.78, 5) is 15.2. The van der Waals surface area contributed by atoms with Gasteiger partial charge in [-0.15, -0.1) is 0 Å². The number of hydrogen-bond acceptors (Lipinski definition) is 4. The highest BCUT2D eigenvalue weighted by Gasteiger charge is 2.54. The first kappa shape index (κ1) is 11.4. The van der Waals surface area contributed by atoms with Crippen molar-refractivity contribution in [1.29, 1.82) is 0 Å². The fourth-order valence-corrected chi connectivity index (χ4v) is 2.25. The van der Waals surface area contributed by atoms with E-state index in [0.29, 0.717) is 5.02 Å². The van der Waals surface area contributed by atoms with E-state index >= 15 is 0 Å². The minimum atomic E-state index is -1.16. The Morgan fingerprint density at radius 1 is 1.69 bits per heavy atom. The molecular weight excluding hydrogens is 230 g/mol. The molecule has 1 fully saturated rings. The van der Waals surface area contributed by atoms with Crippen LogP contribution < -0.4 is 0 Å². The predicted octanol–water partition coefficient (Wildman–Crippen LogP) is 1.30. The Kier molecular flexibility index (Phi) is 2.86. The molecule has 0 radical (unpaired) electrons. The van der Waals surface area contributed by atoms with Gasteiger partial charge in [-0.05, 0) is 24.5 Å². The molecule has 1 unspecified atom stereocenters. The summed E-state index contributed by atoms with van der Waals surface area (Å²) in [5.41, 5.74) is 0.190. The van der Waals surface area contributed by atoms with Crippen molar-refractivity contribution < 1.29 is 14.6 Å². The van der Waals surface area contributed by atoms with Crippen LogP contribution in [0.5, 0.6) is 0 Å². The third-order valence-corrected chi connectivity index (χ3v) is 3.35. The van der Waals surface area contributed by atoms with Crippen LogP contribution in [0.1, 0.15) is 18.4 Å². The first-order valence-electron chi connectivity index (χ1n) is 4.98. The number of nitrogens with zero attached hydrogens (tertiary/aromatic N) is 1. The lowest BCUT2D eigenvalue weighted by atomic mass is 9.90. The van der Waals surface area contributed by atoms with E-state index in [4.69, 9.17) is 11.6 Å². The third-order valence-electron chi connectivity index (χ3n) is 3.05. The van der Waals surface area contributed by atoms with Gasteiger partial charge in [-0.1, -0.05) is 11.6 Å². The van der Waals surface area contributed by atoms with Gasteiger partial charge in [0.05, 0.1) is 12.1 Å². The molecule has 2 rings (SSSR count). The van der Waals surface area contributed by atoms with Crippen LogP contribution in [-0.4, -0.2) is 29.3 Å². The number of aromatic nitrogens is 1. The zero-order valence-corrected chi connectivity index (χ0v) is 9.57. The molecule has 4 nitrogen and oxygen atoms in total. The van der Waals surface area contributed by atoms with Gasteiger partial charge in [0.15, 0.2) is 6.10 Å². The number of methoxy groups -OCH3 is 1. The minimum Gasteiger partial charge on any atom is -0.467 e. The molecule has 86 valence electrons. The second-order valence-corrected chi connectivity index (χ2v) is 4.34. The van der Waals surface area contributed by atoms with Gasteiger partial charge in [-0.25, -0.2) is 4.79 Å². The number of carbonyl (C=O) groups excluding carboxylic acids is 1. The summed E-state index contributed by atoms with van der Waals surface area (Å²) in [6.45, 7) is 0. The molecule has 16 heavy (non-hydrogen) atoms. The maximum Gasteiger partial charge on any atom is 0.335 e. The minimum absolute atomic E-state index is 0.475. The number of esters is 1. The number of rotatable bonds is 3. The largest absolute Gasteiger partial charge is 0.467 e. The van der Waals surface area contributed by atoms with Crippen molar-refractivity contribution in [2.45, 2.75) is 24.4 Å². The van der Waals surface area contributed by atoms with Gasteiger partial charge in [0.2, 0.25) is 0 Å². The van der Waals surface area contributed by atoms with E-state index in [-0.39, 0.29) is 0 Å². The topological polar surface area (TPSA) is 59.4 Å². The summed E-state index contributed by atoms with van der Waals surface area (Å²) in [7, 11) is 1.26. The normalized spacial score (nSPS) is 18.9. The van der Waals surface area contributed by atoms with Crippen LogP contribution >= 0.6 is 11.6 Å². The summed E-state index contributed by atoms with van der Waals surface area (Å²) in [5.74, 6) is -0.620. The lowest BCUT2D eigenvalue weighted by Gasteiger charge is -2.21. The third kappa shape index (κ3) is 1.68. The quantitative estimate of drug-likeness (QED) is 0.811. The maximum absolute atomic E-state index is 11.4. The Hall–Kier alpha value is -1.13. The molecule has 0 bridgehead atoms. The summed E-state index contributed by atoms with van der Waals surface area (Å²) >= 11 is 6.01. The molecular formula is C11H12ClNO3. The zero-order valence-electron chi connectivity index (χ0n) is 8.81. The molecule has 1 N–H and O–H groups in total. The fraction of sp³-hybridized carbons (Fsp3) is 0.455. The predicted molar refractivity (Wildman–Crippen MR) is 58.2 cm³/mol. The van der Waals surface area contributed by atoms with Crippen LogP contribution in [0.25, 0.3) is 0 Å². The summed E-state index contributed by atoms with van der Waals surface area (Å²) < 4.78 is 4.55. The Balaban J connectivity index is 2.33. The van der Waals surface area contributed by atoms with Crippen molar-refractivity contribution in [1.82, 2.24) is 4.98 Å². The number of aliphatic hydroxyl groups is 1. The van der Waals surface area contributed by atoms with Gasteiger partial charge in [0, 0.05) is 17.8 Å². The number of hydrogen-bond donors (Lipinski definition) is 1. The molecule has 0 spiro atoms. The first-order chi connectivity index (χ1) is 7.62. The standard InChI is InChI=1S/C11H12ClNO3/c1-16-10(15)9(14)11(3-4-11)7-2-5-13-6-8(7)12/h2,5-6,9,14H,3-4H2,1H3. The lowest BCUT2D eigenvalue weighted by Crippen LogP contribution is -2.35. The van der Waals surface area contributed by atoms with Gasteiger partial charge in [0.25, 0.3) is 0 Å². The second-order valence-electron chi connectivity index (χ2n) is 3.94. The van der Waals surface area contributed by atoms with Gasteiger partial charge < -0.3 is 9.84 Å². The first-order valence-corrected chi connectivity index (χ1v) is 5.35. The van der Waals surface area contributed by atoms with Crippen LogP contribution in [0.2, 0.25) is 5.02 Å². The maximum atomic E-state index is 11.4. The highest BCUT2D eigenvalue weighted by molar-refractivity contribution is 6.31. The van der Waals surface area contributed by atoms with Crippen molar-refractivity contribution in [3.63, 3.8) is 0 Å². The van der Waals surface area contributed by atoms with Crippen molar-refractivity contribution in [3.05, 3.63) is 29.0 Å². The van der Waals surface area contributed by atoms with Crippen molar-refractivity contribution in [2.75, 3.05) is 7.11 Å². The van der Waals surface area contributed by atoms with Gasteiger partial charge in [-0.2, -0.15) is 0 Å². The molecule has 1 aromatic rings. The van der Waals surface area contributed by atoms with Crippen LogP contribution in [0.15, 0.2) is 18.5 Å². The molecule has 0 saturated heterocycles.